The van der Waals surface area contributed by atoms with Gasteiger partial charge in [0.15, 0.2) is 5.69 Å². The first-order valence-corrected chi connectivity index (χ1v) is 6.87. The summed E-state index contributed by atoms with van der Waals surface area (Å²) in [5.74, 6) is -0.0640. The smallest absolute Gasteiger partial charge is 0.276 e. The van der Waals surface area contributed by atoms with Crippen molar-refractivity contribution in [2.75, 3.05) is 13.1 Å². The molecule has 0 spiro atoms. The van der Waals surface area contributed by atoms with Crippen LogP contribution >= 0.6 is 0 Å². The number of carbonyl (C=O) groups is 1. The summed E-state index contributed by atoms with van der Waals surface area (Å²) in [6, 6.07) is 7.89. The molecule has 0 saturated carbocycles. The van der Waals surface area contributed by atoms with Crippen LogP contribution in [0.15, 0.2) is 24.3 Å². The molecule has 0 radical (unpaired) electrons. The Hall–Kier alpha value is -2.17. The second-order valence-electron chi connectivity index (χ2n) is 4.74. The molecule has 0 bridgehead atoms. The van der Waals surface area contributed by atoms with Gasteiger partial charge in [0.25, 0.3) is 5.91 Å². The van der Waals surface area contributed by atoms with Crippen LogP contribution in [0.3, 0.4) is 0 Å². The molecule has 2 rings (SSSR count). The molecular weight excluding hydrogens is 252 g/mol. The predicted octanol–water partition coefficient (Wildman–Crippen LogP) is 2.37. The summed E-state index contributed by atoms with van der Waals surface area (Å²) in [6.45, 7) is 9.11. The molecule has 0 N–H and O–H groups in total. The Kier molecular flexibility index (Phi) is 4.17. The standard InChI is InChI=1S/C15H20N4O/c1-5-18(6-2)15(20)14-12(4)16-19(17-14)13-9-7-11(3)8-10-13/h7-10H,5-6H2,1-4H3. The van der Waals surface area contributed by atoms with Gasteiger partial charge < -0.3 is 4.90 Å². The van der Waals surface area contributed by atoms with Crippen LogP contribution in [-0.2, 0) is 0 Å². The molecule has 2 aromatic rings. The van der Waals surface area contributed by atoms with Crippen molar-refractivity contribution in [3.05, 3.63) is 41.2 Å². The van der Waals surface area contributed by atoms with E-state index in [1.165, 1.54) is 10.4 Å². The molecule has 5 heteroatoms. The van der Waals surface area contributed by atoms with Crippen molar-refractivity contribution >= 4 is 5.91 Å². The molecule has 106 valence electrons. The molecule has 0 aliphatic carbocycles. The molecule has 1 heterocycles. The molecule has 1 aromatic carbocycles. The van der Waals surface area contributed by atoms with E-state index in [-0.39, 0.29) is 5.91 Å². The van der Waals surface area contributed by atoms with Gasteiger partial charge in [-0.3, -0.25) is 4.79 Å². The zero-order chi connectivity index (χ0) is 14.7. The molecule has 0 saturated heterocycles. The Morgan fingerprint density at radius 3 is 2.25 bits per heavy atom. The van der Waals surface area contributed by atoms with Crippen LogP contribution in [0.25, 0.3) is 5.69 Å². The second-order valence-corrected chi connectivity index (χ2v) is 4.74. The number of hydrogen-bond donors (Lipinski definition) is 0. The number of carbonyl (C=O) groups excluding carboxylic acids is 1. The van der Waals surface area contributed by atoms with Crippen molar-refractivity contribution in [2.45, 2.75) is 27.7 Å². The predicted molar refractivity (Wildman–Crippen MR) is 78.1 cm³/mol. The Labute approximate surface area is 119 Å². The Balaban J connectivity index is 2.34. The monoisotopic (exact) mass is 272 g/mol. The van der Waals surface area contributed by atoms with Gasteiger partial charge in [-0.1, -0.05) is 17.7 Å². The van der Waals surface area contributed by atoms with E-state index in [2.05, 4.69) is 10.2 Å². The van der Waals surface area contributed by atoms with Gasteiger partial charge in [0, 0.05) is 13.1 Å². The number of nitrogens with zero attached hydrogens (tertiary/aromatic N) is 4. The molecule has 0 unspecified atom stereocenters. The number of aromatic nitrogens is 3. The van der Waals surface area contributed by atoms with E-state index in [1.54, 1.807) is 4.90 Å². The second kappa shape index (κ2) is 5.86. The first-order chi connectivity index (χ1) is 9.56. The Morgan fingerprint density at radius 1 is 1.10 bits per heavy atom. The zero-order valence-corrected chi connectivity index (χ0v) is 12.4. The van der Waals surface area contributed by atoms with Gasteiger partial charge in [-0.15, -0.1) is 5.10 Å². The highest BCUT2D eigenvalue weighted by atomic mass is 16.2. The molecule has 5 nitrogen and oxygen atoms in total. The third-order valence-corrected chi connectivity index (χ3v) is 3.30. The van der Waals surface area contributed by atoms with Crippen molar-refractivity contribution in [3.63, 3.8) is 0 Å². The average Bonchev–Trinajstić information content (AvgIpc) is 2.83. The summed E-state index contributed by atoms with van der Waals surface area (Å²) < 4.78 is 0. The highest BCUT2D eigenvalue weighted by Gasteiger charge is 2.20. The fraction of sp³-hybridized carbons (Fsp3) is 0.400. The highest BCUT2D eigenvalue weighted by molar-refractivity contribution is 5.93. The number of amides is 1. The fourth-order valence-corrected chi connectivity index (χ4v) is 2.03. The summed E-state index contributed by atoms with van der Waals surface area (Å²) in [4.78, 5) is 15.6. The summed E-state index contributed by atoms with van der Waals surface area (Å²) in [5, 5.41) is 8.68. The number of aryl methyl sites for hydroxylation is 2. The molecule has 0 aliphatic rings. The summed E-state index contributed by atoms with van der Waals surface area (Å²) in [5.41, 5.74) is 3.12. The minimum atomic E-state index is -0.0640. The van der Waals surface area contributed by atoms with Gasteiger partial charge in [-0.25, -0.2) is 0 Å². The summed E-state index contributed by atoms with van der Waals surface area (Å²) in [6.07, 6.45) is 0. The van der Waals surface area contributed by atoms with Gasteiger partial charge in [0.1, 0.15) is 0 Å². The maximum atomic E-state index is 12.3. The maximum absolute atomic E-state index is 12.3. The molecule has 0 fully saturated rings. The lowest BCUT2D eigenvalue weighted by atomic mass is 10.2. The number of rotatable bonds is 4. The van der Waals surface area contributed by atoms with Crippen molar-refractivity contribution < 1.29 is 4.79 Å². The lowest BCUT2D eigenvalue weighted by molar-refractivity contribution is 0.0766. The van der Waals surface area contributed by atoms with E-state index in [4.69, 9.17) is 0 Å². The van der Waals surface area contributed by atoms with Gasteiger partial charge in [0.05, 0.1) is 11.4 Å². The minimum Gasteiger partial charge on any atom is -0.338 e. The number of hydrogen-bond acceptors (Lipinski definition) is 3. The van der Waals surface area contributed by atoms with Gasteiger partial charge in [-0.05, 0) is 39.8 Å². The van der Waals surface area contributed by atoms with Gasteiger partial charge in [-0.2, -0.15) is 9.90 Å². The van der Waals surface area contributed by atoms with E-state index < -0.39 is 0 Å². The van der Waals surface area contributed by atoms with Crippen LogP contribution in [0.1, 0.15) is 35.6 Å². The third-order valence-electron chi connectivity index (χ3n) is 3.30. The van der Waals surface area contributed by atoms with Crippen molar-refractivity contribution in [1.82, 2.24) is 19.9 Å². The lowest BCUT2D eigenvalue weighted by Gasteiger charge is -2.16. The molecule has 1 aromatic heterocycles. The Morgan fingerprint density at radius 2 is 1.70 bits per heavy atom. The third kappa shape index (κ3) is 2.71. The van der Waals surface area contributed by atoms with Crippen LogP contribution < -0.4 is 0 Å². The quantitative estimate of drug-likeness (QED) is 0.858. The topological polar surface area (TPSA) is 51.0 Å². The maximum Gasteiger partial charge on any atom is 0.276 e. The fourth-order valence-electron chi connectivity index (χ4n) is 2.03. The summed E-state index contributed by atoms with van der Waals surface area (Å²) in [7, 11) is 0. The largest absolute Gasteiger partial charge is 0.338 e. The van der Waals surface area contributed by atoms with E-state index in [9.17, 15) is 4.79 Å². The zero-order valence-electron chi connectivity index (χ0n) is 12.4. The van der Waals surface area contributed by atoms with Gasteiger partial charge in [0.2, 0.25) is 0 Å². The van der Waals surface area contributed by atoms with Crippen molar-refractivity contribution in [3.8, 4) is 5.69 Å². The molecular formula is C15H20N4O. The molecule has 0 atom stereocenters. The highest BCUT2D eigenvalue weighted by Crippen LogP contribution is 2.11. The molecule has 20 heavy (non-hydrogen) atoms. The van der Waals surface area contributed by atoms with E-state index in [0.717, 1.165) is 5.69 Å². The van der Waals surface area contributed by atoms with Gasteiger partial charge >= 0.3 is 0 Å². The van der Waals surface area contributed by atoms with E-state index in [1.807, 2.05) is 52.0 Å². The number of benzene rings is 1. The molecule has 0 aliphatic heterocycles. The van der Waals surface area contributed by atoms with Crippen LogP contribution in [0.4, 0.5) is 0 Å². The average molecular weight is 272 g/mol. The van der Waals surface area contributed by atoms with Crippen LogP contribution in [0, 0.1) is 13.8 Å². The molecule has 1 amide bonds. The minimum absolute atomic E-state index is 0.0640. The summed E-state index contributed by atoms with van der Waals surface area (Å²) >= 11 is 0. The lowest BCUT2D eigenvalue weighted by Crippen LogP contribution is -2.31. The Bertz CT molecular complexity index is 597. The SMILES string of the molecule is CCN(CC)C(=O)c1nn(-c2ccc(C)cc2)nc1C. The van der Waals surface area contributed by atoms with Crippen LogP contribution in [-0.4, -0.2) is 38.9 Å². The normalized spacial score (nSPS) is 10.6. The first-order valence-electron chi connectivity index (χ1n) is 6.87. The van der Waals surface area contributed by atoms with Crippen LogP contribution in [0.2, 0.25) is 0 Å². The van der Waals surface area contributed by atoms with E-state index >= 15 is 0 Å². The van der Waals surface area contributed by atoms with Crippen molar-refractivity contribution in [2.24, 2.45) is 0 Å². The van der Waals surface area contributed by atoms with Crippen molar-refractivity contribution in [1.29, 1.82) is 0 Å². The van der Waals surface area contributed by atoms with E-state index in [0.29, 0.717) is 24.5 Å². The van der Waals surface area contributed by atoms with Crippen LogP contribution in [0.5, 0.6) is 0 Å². The first kappa shape index (κ1) is 14.2.